The molecule has 6 heteroatoms. The van der Waals surface area contributed by atoms with Crippen LogP contribution in [0.5, 0.6) is 0 Å². The quantitative estimate of drug-likeness (QED) is 0.404. The van der Waals surface area contributed by atoms with Gasteiger partial charge in [-0.05, 0) is 62.8 Å². The Bertz CT molecular complexity index is 1050. The maximum absolute atomic E-state index is 12.2. The number of methoxy groups -OCH3 is 1. The van der Waals surface area contributed by atoms with Gasteiger partial charge in [0, 0.05) is 28.6 Å². The molecule has 1 aliphatic rings. The maximum Gasteiger partial charge on any atom is 0.339 e. The van der Waals surface area contributed by atoms with Crippen molar-refractivity contribution in [2.45, 2.75) is 32.6 Å². The van der Waals surface area contributed by atoms with Crippen LogP contribution in [0.25, 0.3) is 10.6 Å². The first-order valence-corrected chi connectivity index (χ1v) is 11.9. The Kier molecular flexibility index (Phi) is 6.93. The molecule has 4 nitrogen and oxygen atoms in total. The van der Waals surface area contributed by atoms with Crippen LogP contribution in [0.15, 0.2) is 48.5 Å². The second kappa shape index (κ2) is 9.84. The summed E-state index contributed by atoms with van der Waals surface area (Å²) >= 11 is 7.80. The molecule has 1 aromatic heterocycles. The maximum atomic E-state index is 12.2. The smallest absolute Gasteiger partial charge is 0.339 e. The van der Waals surface area contributed by atoms with Gasteiger partial charge in [0.05, 0.1) is 24.1 Å². The Morgan fingerprint density at radius 1 is 1.23 bits per heavy atom. The van der Waals surface area contributed by atoms with Gasteiger partial charge >= 0.3 is 5.97 Å². The van der Waals surface area contributed by atoms with Crippen molar-refractivity contribution in [3.8, 4) is 10.6 Å². The zero-order valence-corrected chi connectivity index (χ0v) is 19.5. The number of rotatable bonds is 6. The van der Waals surface area contributed by atoms with Gasteiger partial charge in [-0.15, -0.1) is 11.3 Å². The first kappa shape index (κ1) is 21.8. The lowest BCUT2D eigenvalue weighted by Gasteiger charge is -2.35. The van der Waals surface area contributed by atoms with E-state index in [2.05, 4.69) is 11.8 Å². The van der Waals surface area contributed by atoms with Gasteiger partial charge in [-0.2, -0.15) is 0 Å². The van der Waals surface area contributed by atoms with Crippen LogP contribution in [-0.2, 0) is 11.2 Å². The van der Waals surface area contributed by atoms with E-state index in [4.69, 9.17) is 21.3 Å². The highest BCUT2D eigenvalue weighted by Crippen LogP contribution is 2.32. The van der Waals surface area contributed by atoms with Gasteiger partial charge in [0.15, 0.2) is 0 Å². The highest BCUT2D eigenvalue weighted by Gasteiger charge is 2.24. The van der Waals surface area contributed by atoms with E-state index >= 15 is 0 Å². The number of carbonyl (C=O) groups is 1. The summed E-state index contributed by atoms with van der Waals surface area (Å²) in [6.07, 6.45) is 4.52. The molecule has 2 heterocycles. The number of hydrogen-bond acceptors (Lipinski definition) is 5. The van der Waals surface area contributed by atoms with Crippen LogP contribution in [0.3, 0.4) is 0 Å². The number of carbonyl (C=O) groups excluding carboxylic acids is 1. The number of anilines is 1. The van der Waals surface area contributed by atoms with E-state index in [9.17, 15) is 4.79 Å². The second-order valence-electron chi connectivity index (χ2n) is 8.04. The summed E-state index contributed by atoms with van der Waals surface area (Å²) in [7, 11) is 1.44. The summed E-state index contributed by atoms with van der Waals surface area (Å²) in [5, 5.41) is 1.80. The van der Waals surface area contributed by atoms with E-state index in [1.807, 2.05) is 48.5 Å². The Hall–Kier alpha value is -2.37. The van der Waals surface area contributed by atoms with Crippen molar-refractivity contribution >= 4 is 34.6 Å². The molecule has 1 unspecified atom stereocenters. The van der Waals surface area contributed by atoms with Crippen LogP contribution in [0.1, 0.15) is 40.2 Å². The molecule has 0 bridgehead atoms. The number of piperidine rings is 1. The van der Waals surface area contributed by atoms with Crippen LogP contribution in [0, 0.1) is 12.8 Å². The van der Waals surface area contributed by atoms with Crippen LogP contribution < -0.4 is 4.90 Å². The fourth-order valence-electron chi connectivity index (χ4n) is 4.26. The zero-order chi connectivity index (χ0) is 21.8. The van der Waals surface area contributed by atoms with Crippen molar-refractivity contribution < 1.29 is 9.53 Å². The minimum atomic E-state index is -0.271. The van der Waals surface area contributed by atoms with Gasteiger partial charge in [-0.25, -0.2) is 9.78 Å². The fraction of sp³-hybridized carbons (Fsp3) is 0.360. The van der Waals surface area contributed by atoms with Crippen molar-refractivity contribution in [3.63, 3.8) is 0 Å². The van der Waals surface area contributed by atoms with Crippen molar-refractivity contribution in [3.05, 3.63) is 69.7 Å². The van der Waals surface area contributed by atoms with E-state index in [1.54, 1.807) is 11.3 Å². The van der Waals surface area contributed by atoms with Gasteiger partial charge in [-0.3, -0.25) is 0 Å². The summed E-state index contributed by atoms with van der Waals surface area (Å²) in [6, 6.07) is 15.6. The summed E-state index contributed by atoms with van der Waals surface area (Å²) < 4.78 is 4.98. The summed E-state index contributed by atoms with van der Waals surface area (Å²) in [5.41, 5.74) is 3.88. The van der Waals surface area contributed by atoms with E-state index in [-0.39, 0.29) is 5.97 Å². The third-order valence-corrected chi connectivity index (χ3v) is 7.45. The molecule has 0 radical (unpaired) electrons. The predicted octanol–water partition coefficient (Wildman–Crippen LogP) is 6.41. The number of ether oxygens (including phenoxy) is 1. The fourth-order valence-corrected chi connectivity index (χ4v) is 5.47. The Balaban J connectivity index is 1.42. The van der Waals surface area contributed by atoms with Crippen LogP contribution in [0.2, 0.25) is 5.02 Å². The van der Waals surface area contributed by atoms with Crippen molar-refractivity contribution in [1.29, 1.82) is 0 Å². The molecule has 0 aliphatic carbocycles. The minimum Gasteiger partial charge on any atom is -0.465 e. The van der Waals surface area contributed by atoms with Gasteiger partial charge in [0.1, 0.15) is 5.01 Å². The molecule has 3 aromatic rings. The Morgan fingerprint density at radius 2 is 2.00 bits per heavy atom. The molecule has 0 N–H and O–H groups in total. The number of aromatic nitrogens is 1. The highest BCUT2D eigenvalue weighted by atomic mass is 35.5. The van der Waals surface area contributed by atoms with E-state index in [0.717, 1.165) is 59.3 Å². The number of halogens is 1. The summed E-state index contributed by atoms with van der Waals surface area (Å²) in [6.45, 7) is 4.05. The molecular weight excluding hydrogens is 428 g/mol. The van der Waals surface area contributed by atoms with Gasteiger partial charge in [0.2, 0.25) is 0 Å². The molecular formula is C25H27ClN2O2S. The molecule has 2 aromatic carbocycles. The molecule has 1 atom stereocenters. The third kappa shape index (κ3) is 5.10. The molecule has 1 fully saturated rings. The predicted molar refractivity (Wildman–Crippen MR) is 128 cm³/mol. The third-order valence-electron chi connectivity index (χ3n) is 5.93. The highest BCUT2D eigenvalue weighted by molar-refractivity contribution is 7.15. The summed E-state index contributed by atoms with van der Waals surface area (Å²) in [4.78, 5) is 20.7. The van der Waals surface area contributed by atoms with Crippen molar-refractivity contribution in [2.24, 2.45) is 5.92 Å². The second-order valence-corrected chi connectivity index (χ2v) is 9.56. The van der Waals surface area contributed by atoms with E-state index in [1.165, 1.54) is 18.4 Å². The molecule has 1 saturated heterocycles. The van der Waals surface area contributed by atoms with Crippen LogP contribution in [0.4, 0.5) is 5.69 Å². The molecule has 4 rings (SSSR count). The van der Waals surface area contributed by atoms with Crippen LogP contribution in [-0.4, -0.2) is 31.2 Å². The molecule has 0 spiro atoms. The molecule has 0 amide bonds. The molecule has 0 saturated carbocycles. The Labute approximate surface area is 192 Å². The normalized spacial score (nSPS) is 16.4. The molecule has 31 heavy (non-hydrogen) atoms. The lowest BCUT2D eigenvalue weighted by Crippen LogP contribution is -2.36. The number of benzene rings is 2. The average Bonchev–Trinajstić information content (AvgIpc) is 3.18. The topological polar surface area (TPSA) is 42.4 Å². The Morgan fingerprint density at radius 3 is 2.77 bits per heavy atom. The van der Waals surface area contributed by atoms with Crippen molar-refractivity contribution in [1.82, 2.24) is 4.98 Å². The number of aryl methyl sites for hydroxylation is 2. The minimum absolute atomic E-state index is 0.271. The first-order valence-electron chi connectivity index (χ1n) is 10.7. The molecule has 1 aliphatic heterocycles. The average molecular weight is 455 g/mol. The number of thiazole rings is 1. The lowest BCUT2D eigenvalue weighted by atomic mass is 9.92. The van der Waals surface area contributed by atoms with Gasteiger partial charge < -0.3 is 9.64 Å². The number of esters is 1. The van der Waals surface area contributed by atoms with E-state index < -0.39 is 0 Å². The monoisotopic (exact) mass is 454 g/mol. The number of nitrogens with zero attached hydrogens (tertiary/aromatic N) is 2. The SMILES string of the molecule is COC(=O)c1ccccc1N1CCCC(CCc2sc(-c3ccc(Cl)cc3)nc2C)C1. The van der Waals surface area contributed by atoms with Gasteiger partial charge in [0.25, 0.3) is 0 Å². The largest absolute Gasteiger partial charge is 0.465 e. The van der Waals surface area contributed by atoms with E-state index in [0.29, 0.717) is 11.5 Å². The standard InChI is InChI=1S/C25H27ClN2O2S/c1-17-23(31-24(27-17)19-10-12-20(26)13-11-19)14-9-18-6-5-15-28(16-18)22-8-4-3-7-21(22)25(29)30-2/h3-4,7-8,10-13,18H,5-6,9,14-16H2,1-2H3. The van der Waals surface area contributed by atoms with Crippen molar-refractivity contribution in [2.75, 3.05) is 25.1 Å². The molecule has 162 valence electrons. The van der Waals surface area contributed by atoms with Gasteiger partial charge in [-0.1, -0.05) is 35.9 Å². The number of hydrogen-bond donors (Lipinski definition) is 0. The summed E-state index contributed by atoms with van der Waals surface area (Å²) in [5.74, 6) is 0.327. The number of para-hydroxylation sites is 1. The zero-order valence-electron chi connectivity index (χ0n) is 17.9. The first-order chi connectivity index (χ1) is 15.0. The lowest BCUT2D eigenvalue weighted by molar-refractivity contribution is 0.0601. The van der Waals surface area contributed by atoms with Crippen LogP contribution >= 0.6 is 22.9 Å².